The third-order valence-electron chi connectivity index (χ3n) is 9.86. The predicted molar refractivity (Wildman–Crippen MR) is 301 cm³/mol. The van der Waals surface area contributed by atoms with Gasteiger partial charge >= 0.3 is 0 Å². The number of anilines is 4. The van der Waals surface area contributed by atoms with Crippen molar-refractivity contribution < 1.29 is 55.0 Å². The summed E-state index contributed by atoms with van der Waals surface area (Å²) >= 11 is 4.82. The van der Waals surface area contributed by atoms with E-state index in [9.17, 15) is 36.0 Å². The van der Waals surface area contributed by atoms with Gasteiger partial charge in [0, 0.05) is 18.6 Å². The van der Waals surface area contributed by atoms with Crippen LogP contribution in [0.3, 0.4) is 0 Å². The number of ether oxygens (including phenoxy) is 4. The van der Waals surface area contributed by atoms with E-state index in [1.165, 1.54) is 37.7 Å². The van der Waals surface area contributed by atoms with Crippen molar-refractivity contribution in [2.75, 3.05) is 48.0 Å². The number of amides is 4. The molecule has 412 valence electrons. The smallest absolute Gasteiger partial charge is 0.235 e. The molecule has 4 heterocycles. The number of methoxy groups -OCH3 is 2. The van der Waals surface area contributed by atoms with Gasteiger partial charge in [0.05, 0.1) is 71.0 Å². The van der Waals surface area contributed by atoms with Crippen LogP contribution < -0.4 is 49.7 Å². The molecular weight excluding hydrogens is 1140 g/mol. The van der Waals surface area contributed by atoms with Crippen molar-refractivity contribution in [3.63, 3.8) is 0 Å². The summed E-state index contributed by atoms with van der Waals surface area (Å²) in [6.07, 6.45) is 5.99. The van der Waals surface area contributed by atoms with Crippen LogP contribution >= 0.6 is 46.2 Å². The molecule has 4 aromatic heterocycles. The number of nitrogens with zero attached hydrogens (tertiary/aromatic N) is 4. The maximum atomic E-state index is 12.7. The molecule has 0 radical (unpaired) electrons. The minimum Gasteiger partial charge on any atom is -0.493 e. The van der Waals surface area contributed by atoms with E-state index in [1.807, 2.05) is 18.2 Å². The van der Waals surface area contributed by atoms with E-state index < -0.39 is 56.5 Å². The molecule has 4 aromatic carbocycles. The van der Waals surface area contributed by atoms with Gasteiger partial charge in [-0.25, -0.2) is 46.2 Å². The molecule has 79 heavy (non-hydrogen) atoms. The highest BCUT2D eigenvalue weighted by Crippen LogP contribution is 2.39. The second kappa shape index (κ2) is 28.1. The zero-order valence-electron chi connectivity index (χ0n) is 42.2. The van der Waals surface area contributed by atoms with Gasteiger partial charge in [-0.3, -0.25) is 19.2 Å². The van der Waals surface area contributed by atoms with Gasteiger partial charge in [0.1, 0.15) is 17.9 Å². The second-order valence-electron chi connectivity index (χ2n) is 16.0. The lowest BCUT2D eigenvalue weighted by atomic mass is 10.2. The normalized spacial score (nSPS) is 11.1. The number of thiazole rings is 2. The number of pyridine rings is 1. The quantitative estimate of drug-likeness (QED) is 0.0279. The summed E-state index contributed by atoms with van der Waals surface area (Å²) in [5.74, 6) is 0.416. The number of imidazole rings is 1. The van der Waals surface area contributed by atoms with Gasteiger partial charge in [0.15, 0.2) is 49.9 Å². The van der Waals surface area contributed by atoms with Crippen LogP contribution in [0.25, 0.3) is 0 Å². The van der Waals surface area contributed by atoms with Gasteiger partial charge in [-0.1, -0.05) is 89.0 Å². The molecule has 23 nitrogen and oxygen atoms in total. The Morgan fingerprint density at radius 2 is 0.937 bits per heavy atom. The molecule has 0 bridgehead atoms. The Labute approximate surface area is 470 Å². The lowest BCUT2D eigenvalue weighted by Gasteiger charge is -2.14. The lowest BCUT2D eigenvalue weighted by molar-refractivity contribution is -0.125. The van der Waals surface area contributed by atoms with Crippen molar-refractivity contribution in [1.29, 1.82) is 0 Å². The Morgan fingerprint density at radius 3 is 1.35 bits per heavy atom. The zero-order valence-corrected chi connectivity index (χ0v) is 47.1. The number of hydrogen-bond donors (Lipinski definition) is 7. The number of H-pyrrole nitrogens is 1. The van der Waals surface area contributed by atoms with Crippen LogP contribution in [0, 0.1) is 0 Å². The van der Waals surface area contributed by atoms with E-state index in [0.29, 0.717) is 75.9 Å². The first-order valence-corrected chi connectivity index (χ1v) is 30.1. The SMILES string of the molecule is COc1ccccc1Oc1ccccc1NC(=O)CC(=O)Nc1nc(CNS(C)(=O)=O)c(Sc2ccccn2)s1.COc1ccccc1Oc1ccccc1NC(=O)CC(=O)Nc1nc(CNS(C)(=O)=O)c(Sc2ncc[nH]2)s1. The lowest BCUT2D eigenvalue weighted by Crippen LogP contribution is -2.22. The molecule has 0 aliphatic rings. The van der Waals surface area contributed by atoms with Crippen LogP contribution in [0.15, 0.2) is 152 Å². The first kappa shape index (κ1) is 58.8. The molecule has 0 atom stereocenters. The number of carbonyl (C=O) groups excluding carboxylic acids is 4. The maximum absolute atomic E-state index is 12.7. The van der Waals surface area contributed by atoms with Crippen LogP contribution in [0.2, 0.25) is 0 Å². The Balaban J connectivity index is 0.000000229. The van der Waals surface area contributed by atoms with E-state index in [2.05, 4.69) is 55.6 Å². The fraction of sp³-hybridized carbons (Fsp3) is 0.160. The minimum absolute atomic E-state index is 0.0656. The highest BCUT2D eigenvalue weighted by molar-refractivity contribution is 8.01. The maximum Gasteiger partial charge on any atom is 0.235 e. The number of para-hydroxylation sites is 8. The summed E-state index contributed by atoms with van der Waals surface area (Å²) < 4.78 is 74.9. The standard InChI is InChI=1S/C26H25N5O6S3.C24H24N6O6S3/c1-36-20-11-5-6-12-21(20)37-19-10-4-3-9-17(19)29-22(32)15-23(33)31-26-30-18(16-28-40(2,34)35)25(39-26)38-24-13-7-8-14-27-24;1-35-18-9-5-6-10-19(18)36-17-8-4-3-7-15(17)28-20(31)13-21(32)30-24-29-16(14-27-39(2,33)34)22(38-24)37-23-25-11-12-26-23/h3-14,28H,15-16H2,1-2H3,(H,29,32)(H,30,31,33);3-12,27H,13-14H2,1-2H3,(H,25,26)(H,28,31)(H,29,30,32). The topological polar surface area (TPSA) is 313 Å². The number of sulfonamides is 2. The van der Waals surface area contributed by atoms with E-state index in [1.54, 1.807) is 116 Å². The highest BCUT2D eigenvalue weighted by atomic mass is 32.2. The molecule has 0 unspecified atom stereocenters. The summed E-state index contributed by atoms with van der Waals surface area (Å²) in [5, 5.41) is 12.3. The van der Waals surface area contributed by atoms with Crippen LogP contribution in [-0.2, 0) is 52.3 Å². The van der Waals surface area contributed by atoms with Crippen molar-refractivity contribution in [3.8, 4) is 34.5 Å². The third kappa shape index (κ3) is 18.9. The molecular formula is C50H49N11O12S6. The Kier molecular flexibility index (Phi) is 20.9. The van der Waals surface area contributed by atoms with Gasteiger partial charge in [0.25, 0.3) is 0 Å². The average Bonchev–Trinajstić information content (AvgIpc) is 4.18. The third-order valence-corrected chi connectivity index (χ3v) is 15.5. The van der Waals surface area contributed by atoms with Gasteiger partial charge in [-0.05, 0) is 72.4 Å². The average molecular weight is 1190 g/mol. The van der Waals surface area contributed by atoms with E-state index in [0.717, 1.165) is 35.2 Å². The molecule has 4 amide bonds. The van der Waals surface area contributed by atoms with Crippen molar-refractivity contribution in [2.45, 2.75) is 44.5 Å². The molecule has 0 aliphatic carbocycles. The molecule has 0 saturated heterocycles. The van der Waals surface area contributed by atoms with Crippen molar-refractivity contribution in [3.05, 3.63) is 145 Å². The Hall–Kier alpha value is -7.90. The summed E-state index contributed by atoms with van der Waals surface area (Å²) in [4.78, 5) is 70.8. The fourth-order valence-electron chi connectivity index (χ4n) is 6.43. The van der Waals surface area contributed by atoms with E-state index >= 15 is 0 Å². The minimum atomic E-state index is -3.47. The number of rotatable bonds is 24. The summed E-state index contributed by atoms with van der Waals surface area (Å²) in [6, 6.07) is 33.2. The Bertz CT molecular complexity index is 3620. The van der Waals surface area contributed by atoms with Gasteiger partial charge in [-0.15, -0.1) is 0 Å². The number of aromatic amines is 1. The van der Waals surface area contributed by atoms with Crippen LogP contribution in [-0.4, -0.2) is 92.1 Å². The largest absolute Gasteiger partial charge is 0.493 e. The number of aromatic nitrogens is 5. The predicted octanol–water partition coefficient (Wildman–Crippen LogP) is 8.34. The Morgan fingerprint density at radius 1 is 0.519 bits per heavy atom. The van der Waals surface area contributed by atoms with E-state index in [-0.39, 0.29) is 23.4 Å². The first-order chi connectivity index (χ1) is 37.9. The van der Waals surface area contributed by atoms with Crippen LogP contribution in [0.1, 0.15) is 24.2 Å². The number of benzene rings is 4. The van der Waals surface area contributed by atoms with Crippen molar-refractivity contribution in [2.24, 2.45) is 0 Å². The molecule has 29 heteroatoms. The number of nitrogens with one attached hydrogen (secondary N) is 7. The second-order valence-corrected chi connectivity index (χ2v) is 24.2. The number of hydrogen-bond acceptors (Lipinski definition) is 20. The summed E-state index contributed by atoms with van der Waals surface area (Å²) in [7, 11) is -3.87. The van der Waals surface area contributed by atoms with Crippen molar-refractivity contribution >= 4 is 112 Å². The molecule has 8 aromatic rings. The van der Waals surface area contributed by atoms with Crippen molar-refractivity contribution in [1.82, 2.24) is 34.4 Å². The molecule has 0 spiro atoms. The first-order valence-electron chi connectivity index (χ1n) is 23.0. The monoisotopic (exact) mass is 1190 g/mol. The van der Waals surface area contributed by atoms with E-state index in [4.69, 9.17) is 18.9 Å². The highest BCUT2D eigenvalue weighted by Gasteiger charge is 2.21. The molecule has 0 fully saturated rings. The molecule has 8 rings (SSSR count). The van der Waals surface area contributed by atoms with Gasteiger partial charge in [-0.2, -0.15) is 0 Å². The van der Waals surface area contributed by atoms with Gasteiger partial charge < -0.3 is 45.2 Å². The fourth-order valence-corrected chi connectivity index (χ4v) is 11.3. The molecule has 0 aliphatic heterocycles. The summed E-state index contributed by atoms with van der Waals surface area (Å²) in [5.41, 5.74) is 1.59. The zero-order chi connectivity index (χ0) is 56.4. The van der Waals surface area contributed by atoms with Crippen LogP contribution in [0.5, 0.6) is 34.5 Å². The summed E-state index contributed by atoms with van der Waals surface area (Å²) in [6.45, 7) is -0.137. The number of carbonyl (C=O) groups is 4. The molecule has 0 saturated carbocycles. The van der Waals surface area contributed by atoms with Gasteiger partial charge in [0.2, 0.25) is 43.7 Å². The molecule has 7 N–H and O–H groups in total. The van der Waals surface area contributed by atoms with Crippen LogP contribution in [0.4, 0.5) is 21.6 Å².